The predicted molar refractivity (Wildman–Crippen MR) is 60.4 cm³/mol. The van der Waals surface area contributed by atoms with Crippen molar-refractivity contribution in [1.29, 1.82) is 0 Å². The number of imidazole rings is 1. The Kier molecular flexibility index (Phi) is 3.56. The molecule has 0 saturated heterocycles. The van der Waals surface area contributed by atoms with Gasteiger partial charge in [0.25, 0.3) is 4.77 Å². The van der Waals surface area contributed by atoms with Gasteiger partial charge in [0.15, 0.2) is 0 Å². The smallest absolute Gasteiger partial charge is 0.345 e. The van der Waals surface area contributed by atoms with Crippen LogP contribution in [0.15, 0.2) is 25.3 Å². The highest BCUT2D eigenvalue weighted by Crippen LogP contribution is 2.19. The molecule has 5 nitrogen and oxygen atoms in total. The Labute approximate surface area is 91.9 Å². The highest BCUT2D eigenvalue weighted by Gasteiger charge is 2.20. The molecule has 1 rings (SSSR count). The second-order valence-corrected chi connectivity index (χ2v) is 3.27. The summed E-state index contributed by atoms with van der Waals surface area (Å²) in [5.41, 5.74) is 0.474. The third kappa shape index (κ3) is 2.21. The minimum Gasteiger partial charge on any atom is -0.358 e. The quantitative estimate of drug-likeness (QED) is 0.362. The Morgan fingerprint density at radius 1 is 1.53 bits per heavy atom. The van der Waals surface area contributed by atoms with E-state index in [1.165, 1.54) is 4.57 Å². The summed E-state index contributed by atoms with van der Waals surface area (Å²) in [5, 5.41) is 10.9. The highest BCUT2D eigenvalue weighted by atomic mass is 32.1. The maximum Gasteiger partial charge on any atom is 0.345 e. The van der Waals surface area contributed by atoms with E-state index in [0.717, 1.165) is 0 Å². The third-order valence-corrected chi connectivity index (χ3v) is 2.18. The van der Waals surface area contributed by atoms with E-state index < -0.39 is 4.92 Å². The standard InChI is InChI=1S/C9H11N3O2S/c1-3-5-7-8(12(13)14)11(6-4-2)9(15)10-7/h3-4H,1-2,5-6H2,(H,10,15). The van der Waals surface area contributed by atoms with Gasteiger partial charge in [-0.05, 0) is 17.1 Å². The molecule has 0 amide bonds. The Morgan fingerprint density at radius 2 is 2.20 bits per heavy atom. The van der Waals surface area contributed by atoms with Crippen molar-refractivity contribution in [3.63, 3.8) is 0 Å². The molecule has 0 aromatic carbocycles. The maximum absolute atomic E-state index is 10.9. The third-order valence-electron chi connectivity index (χ3n) is 1.86. The lowest BCUT2D eigenvalue weighted by Crippen LogP contribution is -2.03. The molecule has 0 atom stereocenters. The number of aromatic nitrogens is 2. The van der Waals surface area contributed by atoms with Gasteiger partial charge in [0, 0.05) is 6.42 Å². The van der Waals surface area contributed by atoms with Crippen LogP contribution in [0.1, 0.15) is 5.69 Å². The van der Waals surface area contributed by atoms with Crippen LogP contribution in [-0.2, 0) is 13.0 Å². The summed E-state index contributed by atoms with van der Waals surface area (Å²) in [6.45, 7) is 7.39. The second-order valence-electron chi connectivity index (χ2n) is 2.88. The van der Waals surface area contributed by atoms with Crippen molar-refractivity contribution in [3.8, 4) is 0 Å². The first kappa shape index (κ1) is 11.4. The fraction of sp³-hybridized carbons (Fsp3) is 0.222. The van der Waals surface area contributed by atoms with Crippen LogP contribution in [0.5, 0.6) is 0 Å². The number of nitrogens with zero attached hydrogens (tertiary/aromatic N) is 2. The minimum atomic E-state index is -0.450. The zero-order valence-electron chi connectivity index (χ0n) is 8.10. The maximum atomic E-state index is 10.9. The average Bonchev–Trinajstić information content (AvgIpc) is 2.44. The van der Waals surface area contributed by atoms with Crippen molar-refractivity contribution in [2.24, 2.45) is 0 Å². The largest absolute Gasteiger partial charge is 0.358 e. The molecule has 0 unspecified atom stereocenters. The number of hydrogen-bond acceptors (Lipinski definition) is 3. The Bertz CT molecular complexity index is 458. The first-order valence-corrected chi connectivity index (χ1v) is 4.70. The van der Waals surface area contributed by atoms with Gasteiger partial charge in [-0.25, -0.2) is 0 Å². The van der Waals surface area contributed by atoms with Crippen molar-refractivity contribution < 1.29 is 4.92 Å². The molecule has 15 heavy (non-hydrogen) atoms. The molecule has 80 valence electrons. The van der Waals surface area contributed by atoms with Crippen LogP contribution in [0, 0.1) is 14.9 Å². The summed E-state index contributed by atoms with van der Waals surface area (Å²) in [6, 6.07) is 0. The zero-order chi connectivity index (χ0) is 11.4. The van der Waals surface area contributed by atoms with Gasteiger partial charge in [-0.2, -0.15) is 4.57 Å². The number of H-pyrrole nitrogens is 1. The van der Waals surface area contributed by atoms with E-state index in [4.69, 9.17) is 12.2 Å². The molecule has 0 radical (unpaired) electrons. The molecule has 0 saturated carbocycles. The van der Waals surface area contributed by atoms with Crippen LogP contribution in [0.25, 0.3) is 0 Å². The summed E-state index contributed by atoms with van der Waals surface area (Å²) in [6.07, 6.45) is 3.55. The van der Waals surface area contributed by atoms with Gasteiger partial charge in [0.2, 0.25) is 0 Å². The molecular weight excluding hydrogens is 214 g/mol. The van der Waals surface area contributed by atoms with Gasteiger partial charge in [0.1, 0.15) is 12.2 Å². The molecule has 1 N–H and O–H groups in total. The van der Waals surface area contributed by atoms with Crippen LogP contribution in [-0.4, -0.2) is 14.5 Å². The van der Waals surface area contributed by atoms with E-state index in [1.54, 1.807) is 12.2 Å². The number of aromatic amines is 1. The fourth-order valence-electron chi connectivity index (χ4n) is 1.31. The van der Waals surface area contributed by atoms with Crippen LogP contribution in [0.3, 0.4) is 0 Å². The molecular formula is C9H11N3O2S. The van der Waals surface area contributed by atoms with Crippen molar-refractivity contribution in [2.45, 2.75) is 13.0 Å². The normalized spacial score (nSPS) is 9.87. The molecule has 1 aromatic rings. The topological polar surface area (TPSA) is 63.9 Å². The summed E-state index contributed by atoms with van der Waals surface area (Å²) < 4.78 is 1.74. The Morgan fingerprint density at radius 3 is 2.67 bits per heavy atom. The van der Waals surface area contributed by atoms with Gasteiger partial charge in [-0.15, -0.1) is 6.58 Å². The second kappa shape index (κ2) is 4.70. The van der Waals surface area contributed by atoms with Gasteiger partial charge in [-0.3, -0.25) is 0 Å². The van der Waals surface area contributed by atoms with E-state index in [1.807, 2.05) is 0 Å². The SMILES string of the molecule is C=CCc1[nH]c(=S)n(CC=C)c1[N+](=O)[O-]. The summed E-state index contributed by atoms with van der Waals surface area (Å²) >= 11 is 4.98. The first-order chi connectivity index (χ1) is 7.11. The molecule has 0 aliphatic carbocycles. The summed E-state index contributed by atoms with van der Waals surface area (Å²) in [7, 11) is 0. The van der Waals surface area contributed by atoms with Crippen LogP contribution in [0.4, 0.5) is 5.82 Å². The average molecular weight is 225 g/mol. The highest BCUT2D eigenvalue weighted by molar-refractivity contribution is 7.71. The van der Waals surface area contributed by atoms with Gasteiger partial charge in [-0.1, -0.05) is 18.7 Å². The van der Waals surface area contributed by atoms with Crippen LogP contribution in [0.2, 0.25) is 0 Å². The fourth-order valence-corrected chi connectivity index (χ4v) is 1.59. The van der Waals surface area contributed by atoms with Crippen molar-refractivity contribution >= 4 is 18.0 Å². The number of hydrogen-bond donors (Lipinski definition) is 1. The number of allylic oxidation sites excluding steroid dienone is 2. The first-order valence-electron chi connectivity index (χ1n) is 4.29. The molecule has 1 aromatic heterocycles. The van der Waals surface area contributed by atoms with E-state index in [-0.39, 0.29) is 5.82 Å². The molecule has 0 aliphatic rings. The molecule has 0 bridgehead atoms. The molecule has 0 fully saturated rings. The Hall–Kier alpha value is -1.69. The van der Waals surface area contributed by atoms with Gasteiger partial charge < -0.3 is 15.1 Å². The molecule has 6 heteroatoms. The summed E-state index contributed by atoms with van der Waals surface area (Å²) in [5.74, 6) is -0.0141. The van der Waals surface area contributed by atoms with Crippen molar-refractivity contribution in [2.75, 3.05) is 0 Å². The van der Waals surface area contributed by atoms with E-state index in [0.29, 0.717) is 23.4 Å². The number of nitro groups is 1. The summed E-state index contributed by atoms with van der Waals surface area (Å²) in [4.78, 5) is 13.2. The lowest BCUT2D eigenvalue weighted by atomic mass is 10.3. The lowest BCUT2D eigenvalue weighted by Gasteiger charge is -1.98. The number of nitrogens with one attached hydrogen (secondary N) is 1. The lowest BCUT2D eigenvalue weighted by molar-refractivity contribution is -0.392. The van der Waals surface area contributed by atoms with E-state index >= 15 is 0 Å². The van der Waals surface area contributed by atoms with E-state index in [2.05, 4.69) is 18.1 Å². The zero-order valence-corrected chi connectivity index (χ0v) is 8.92. The van der Waals surface area contributed by atoms with Gasteiger partial charge >= 0.3 is 5.82 Å². The van der Waals surface area contributed by atoms with Crippen molar-refractivity contribution in [1.82, 2.24) is 9.55 Å². The van der Waals surface area contributed by atoms with Crippen LogP contribution >= 0.6 is 12.2 Å². The predicted octanol–water partition coefficient (Wildman–Crippen LogP) is 2.37. The van der Waals surface area contributed by atoms with Crippen molar-refractivity contribution in [3.05, 3.63) is 45.9 Å². The Balaban J connectivity index is 3.36. The van der Waals surface area contributed by atoms with Gasteiger partial charge in [0.05, 0.1) is 0 Å². The number of rotatable bonds is 5. The van der Waals surface area contributed by atoms with Crippen LogP contribution < -0.4 is 0 Å². The molecule has 1 heterocycles. The monoisotopic (exact) mass is 225 g/mol. The van der Waals surface area contributed by atoms with E-state index in [9.17, 15) is 10.1 Å². The minimum absolute atomic E-state index is 0.0141. The molecule has 0 spiro atoms. The molecule has 0 aliphatic heterocycles.